The van der Waals surface area contributed by atoms with E-state index >= 15 is 0 Å². The minimum Gasteiger partial charge on any atom is -0.336 e. The Bertz CT molecular complexity index is 790. The van der Waals surface area contributed by atoms with Gasteiger partial charge in [-0.2, -0.15) is 8.42 Å². The van der Waals surface area contributed by atoms with Gasteiger partial charge in [-0.15, -0.1) is 0 Å². The molecule has 0 radical (unpaired) electrons. The van der Waals surface area contributed by atoms with Crippen LogP contribution in [0.3, 0.4) is 0 Å². The second kappa shape index (κ2) is 8.75. The van der Waals surface area contributed by atoms with Gasteiger partial charge in [-0.05, 0) is 24.6 Å². The Kier molecular flexibility index (Phi) is 6.69. The molecule has 1 fully saturated rings. The molecular formula is C18H22N2O4S. The van der Waals surface area contributed by atoms with Gasteiger partial charge in [0.05, 0.1) is 11.4 Å². The molecule has 1 aliphatic rings. The van der Waals surface area contributed by atoms with Gasteiger partial charge in [-0.25, -0.2) is 0 Å². The first kappa shape index (κ1) is 19.1. The Labute approximate surface area is 148 Å². The van der Waals surface area contributed by atoms with Crippen LogP contribution >= 0.6 is 0 Å². The number of benzene rings is 2. The lowest BCUT2D eigenvalue weighted by atomic mass is 10.2. The zero-order valence-electron chi connectivity index (χ0n) is 14.1. The molecule has 1 amide bonds. The number of nitrogens with zero attached hydrogens (tertiary/aromatic N) is 1. The molecule has 0 saturated carbocycles. The second-order valence-electron chi connectivity index (χ2n) is 5.77. The van der Waals surface area contributed by atoms with Crippen LogP contribution in [0.4, 0.5) is 0 Å². The van der Waals surface area contributed by atoms with Gasteiger partial charge in [0.1, 0.15) is 0 Å². The zero-order chi connectivity index (χ0) is 18.3. The molecule has 0 aromatic heterocycles. The second-order valence-corrected chi connectivity index (χ2v) is 7.19. The van der Waals surface area contributed by atoms with Gasteiger partial charge < -0.3 is 10.2 Å². The van der Waals surface area contributed by atoms with Crippen LogP contribution in [0.25, 0.3) is 0 Å². The SMILES string of the molecule is Cc1ccc(S(=O)(=O)O)cc1.O=C1CNCCN1Cc1ccccc1. The summed E-state index contributed by atoms with van der Waals surface area (Å²) in [6, 6.07) is 16.1. The van der Waals surface area contributed by atoms with Crippen molar-refractivity contribution in [1.29, 1.82) is 0 Å². The molecule has 0 unspecified atom stereocenters. The number of rotatable bonds is 3. The topological polar surface area (TPSA) is 86.7 Å². The number of hydrogen-bond acceptors (Lipinski definition) is 4. The van der Waals surface area contributed by atoms with Crippen molar-refractivity contribution in [3.8, 4) is 0 Å². The van der Waals surface area contributed by atoms with Crippen LogP contribution in [-0.2, 0) is 21.5 Å². The summed E-state index contributed by atoms with van der Waals surface area (Å²) >= 11 is 0. The van der Waals surface area contributed by atoms with Gasteiger partial charge in [-0.3, -0.25) is 9.35 Å². The summed E-state index contributed by atoms with van der Waals surface area (Å²) in [5.41, 5.74) is 2.15. The van der Waals surface area contributed by atoms with Crippen LogP contribution in [0.1, 0.15) is 11.1 Å². The molecule has 0 aliphatic carbocycles. The largest absolute Gasteiger partial charge is 0.336 e. The highest BCUT2D eigenvalue weighted by Crippen LogP contribution is 2.08. The van der Waals surface area contributed by atoms with Crippen LogP contribution in [0.2, 0.25) is 0 Å². The van der Waals surface area contributed by atoms with Gasteiger partial charge in [-0.1, -0.05) is 48.0 Å². The van der Waals surface area contributed by atoms with Crippen molar-refractivity contribution in [3.05, 3.63) is 65.7 Å². The Morgan fingerprint density at radius 3 is 2.28 bits per heavy atom. The van der Waals surface area contributed by atoms with E-state index in [0.717, 1.165) is 25.2 Å². The lowest BCUT2D eigenvalue weighted by molar-refractivity contribution is -0.132. The number of aryl methyl sites for hydroxylation is 1. The highest BCUT2D eigenvalue weighted by molar-refractivity contribution is 7.85. The maximum atomic E-state index is 11.5. The fraction of sp³-hybridized carbons (Fsp3) is 0.278. The van der Waals surface area contributed by atoms with Crippen molar-refractivity contribution in [2.75, 3.05) is 19.6 Å². The number of nitrogens with one attached hydrogen (secondary N) is 1. The van der Waals surface area contributed by atoms with E-state index in [4.69, 9.17) is 4.55 Å². The lowest BCUT2D eigenvalue weighted by Gasteiger charge is -2.27. The first-order chi connectivity index (χ1) is 11.9. The normalized spacial score (nSPS) is 14.6. The van der Waals surface area contributed by atoms with Crippen molar-refractivity contribution in [3.63, 3.8) is 0 Å². The summed E-state index contributed by atoms with van der Waals surface area (Å²) < 4.78 is 29.6. The average Bonchev–Trinajstić information content (AvgIpc) is 2.58. The first-order valence-corrected chi connectivity index (χ1v) is 9.37. The summed E-state index contributed by atoms with van der Waals surface area (Å²) in [4.78, 5) is 13.3. The third-order valence-electron chi connectivity index (χ3n) is 3.72. The number of piperazine rings is 1. The third kappa shape index (κ3) is 6.30. The van der Waals surface area contributed by atoms with Crippen molar-refractivity contribution < 1.29 is 17.8 Å². The smallest absolute Gasteiger partial charge is 0.294 e. The molecule has 2 aromatic carbocycles. The van der Waals surface area contributed by atoms with E-state index in [0.29, 0.717) is 6.54 Å². The number of carbonyl (C=O) groups excluding carboxylic acids is 1. The van der Waals surface area contributed by atoms with E-state index in [9.17, 15) is 13.2 Å². The highest BCUT2D eigenvalue weighted by atomic mass is 32.2. The summed E-state index contributed by atoms with van der Waals surface area (Å²) in [5.74, 6) is 0.195. The maximum absolute atomic E-state index is 11.5. The average molecular weight is 362 g/mol. The van der Waals surface area contributed by atoms with Gasteiger partial charge >= 0.3 is 0 Å². The Hall–Kier alpha value is -2.22. The van der Waals surface area contributed by atoms with Crippen LogP contribution in [0.15, 0.2) is 59.5 Å². The summed E-state index contributed by atoms with van der Waals surface area (Å²) in [6.07, 6.45) is 0. The predicted octanol–water partition coefficient (Wildman–Crippen LogP) is 1.86. The zero-order valence-corrected chi connectivity index (χ0v) is 14.9. The third-order valence-corrected chi connectivity index (χ3v) is 4.59. The van der Waals surface area contributed by atoms with Gasteiger partial charge in [0, 0.05) is 19.6 Å². The summed E-state index contributed by atoms with van der Waals surface area (Å²) in [5, 5.41) is 3.06. The molecule has 25 heavy (non-hydrogen) atoms. The van der Waals surface area contributed by atoms with Crippen LogP contribution < -0.4 is 5.32 Å². The number of amides is 1. The minimum atomic E-state index is -4.02. The van der Waals surface area contributed by atoms with E-state index in [1.165, 1.54) is 17.7 Å². The number of hydrogen-bond donors (Lipinski definition) is 2. The quantitative estimate of drug-likeness (QED) is 0.814. The molecule has 1 aliphatic heterocycles. The molecule has 2 N–H and O–H groups in total. The van der Waals surface area contributed by atoms with E-state index < -0.39 is 10.1 Å². The van der Waals surface area contributed by atoms with Crippen LogP contribution in [0.5, 0.6) is 0 Å². The Balaban J connectivity index is 0.000000186. The molecular weight excluding hydrogens is 340 g/mol. The maximum Gasteiger partial charge on any atom is 0.294 e. The molecule has 7 heteroatoms. The molecule has 0 bridgehead atoms. The molecule has 0 spiro atoms. The molecule has 0 atom stereocenters. The van der Waals surface area contributed by atoms with Gasteiger partial charge in [0.2, 0.25) is 5.91 Å². The Morgan fingerprint density at radius 2 is 1.72 bits per heavy atom. The highest BCUT2D eigenvalue weighted by Gasteiger charge is 2.16. The van der Waals surface area contributed by atoms with Crippen molar-refractivity contribution in [2.24, 2.45) is 0 Å². The molecule has 2 aromatic rings. The van der Waals surface area contributed by atoms with E-state index in [1.54, 1.807) is 12.1 Å². The molecule has 1 saturated heterocycles. The standard InChI is InChI=1S/C11H14N2O.C7H8O3S/c14-11-8-12-6-7-13(11)9-10-4-2-1-3-5-10;1-6-2-4-7(5-3-6)11(8,9)10/h1-5,12H,6-9H2;2-5H,1H3,(H,8,9,10). The van der Waals surface area contributed by atoms with Gasteiger partial charge in [0.15, 0.2) is 0 Å². The van der Waals surface area contributed by atoms with Crippen LogP contribution in [-0.4, -0.2) is 43.4 Å². The van der Waals surface area contributed by atoms with Crippen molar-refractivity contribution >= 4 is 16.0 Å². The molecule has 3 rings (SSSR count). The lowest BCUT2D eigenvalue weighted by Crippen LogP contribution is -2.47. The summed E-state index contributed by atoms with van der Waals surface area (Å²) in [7, 11) is -4.02. The van der Waals surface area contributed by atoms with Crippen molar-refractivity contribution in [2.45, 2.75) is 18.4 Å². The minimum absolute atomic E-state index is 0.0666. The van der Waals surface area contributed by atoms with Crippen LogP contribution in [0, 0.1) is 6.92 Å². The fourth-order valence-electron chi connectivity index (χ4n) is 2.33. The van der Waals surface area contributed by atoms with E-state index in [-0.39, 0.29) is 10.8 Å². The fourth-order valence-corrected chi connectivity index (χ4v) is 2.81. The van der Waals surface area contributed by atoms with E-state index in [1.807, 2.05) is 30.0 Å². The summed E-state index contributed by atoms with van der Waals surface area (Å²) in [6.45, 7) is 4.77. The molecule has 6 nitrogen and oxygen atoms in total. The molecule has 134 valence electrons. The van der Waals surface area contributed by atoms with Gasteiger partial charge in [0.25, 0.3) is 10.1 Å². The predicted molar refractivity (Wildman–Crippen MR) is 95.7 cm³/mol. The molecule has 1 heterocycles. The number of carbonyl (C=O) groups is 1. The monoisotopic (exact) mass is 362 g/mol. The van der Waals surface area contributed by atoms with E-state index in [2.05, 4.69) is 17.4 Å². The Morgan fingerprint density at radius 1 is 1.08 bits per heavy atom. The first-order valence-electron chi connectivity index (χ1n) is 7.93. The van der Waals surface area contributed by atoms with Crippen molar-refractivity contribution in [1.82, 2.24) is 10.2 Å².